The summed E-state index contributed by atoms with van der Waals surface area (Å²) in [6, 6.07) is 1.81. The standard InChI is InChI=1S/C13H7BrN6O/c14-9-5-15-2-1-8(9)13-18-12(19-21-13)10-6-17-11-7-16-3-4-20(10)11/h1-7H. The lowest BCUT2D eigenvalue weighted by Crippen LogP contribution is -1.90. The molecule has 0 unspecified atom stereocenters. The van der Waals surface area contributed by atoms with Crippen LogP contribution in [-0.2, 0) is 0 Å². The van der Waals surface area contributed by atoms with Crippen molar-refractivity contribution in [2.75, 3.05) is 0 Å². The third-order valence-electron chi connectivity index (χ3n) is 2.98. The zero-order valence-corrected chi connectivity index (χ0v) is 12.1. The van der Waals surface area contributed by atoms with E-state index in [0.717, 1.165) is 21.4 Å². The maximum absolute atomic E-state index is 5.33. The smallest absolute Gasteiger partial charge is 0.259 e. The second-order valence-corrected chi connectivity index (χ2v) is 5.08. The van der Waals surface area contributed by atoms with Crippen LogP contribution in [0.4, 0.5) is 0 Å². The number of rotatable bonds is 2. The lowest BCUT2D eigenvalue weighted by Gasteiger charge is -1.96. The number of imidazole rings is 1. The number of hydrogen-bond acceptors (Lipinski definition) is 6. The first-order valence-corrected chi connectivity index (χ1v) is 6.83. The number of halogens is 1. The minimum absolute atomic E-state index is 0.420. The van der Waals surface area contributed by atoms with Crippen molar-refractivity contribution in [3.05, 3.63) is 47.7 Å². The van der Waals surface area contributed by atoms with Crippen LogP contribution in [0.15, 0.2) is 52.2 Å². The molecule has 7 nitrogen and oxygen atoms in total. The van der Waals surface area contributed by atoms with Crippen LogP contribution in [0.2, 0.25) is 0 Å². The zero-order valence-electron chi connectivity index (χ0n) is 10.5. The molecule has 0 aromatic carbocycles. The Morgan fingerprint density at radius 3 is 2.90 bits per heavy atom. The maximum Gasteiger partial charge on any atom is 0.259 e. The molecule has 0 N–H and O–H groups in total. The van der Waals surface area contributed by atoms with Gasteiger partial charge >= 0.3 is 0 Å². The van der Waals surface area contributed by atoms with Crippen LogP contribution in [0.5, 0.6) is 0 Å². The minimum atomic E-state index is 0.420. The van der Waals surface area contributed by atoms with Gasteiger partial charge in [0.2, 0.25) is 5.82 Å². The quantitative estimate of drug-likeness (QED) is 0.556. The van der Waals surface area contributed by atoms with Crippen molar-refractivity contribution in [2.24, 2.45) is 0 Å². The highest BCUT2D eigenvalue weighted by molar-refractivity contribution is 9.10. The number of fused-ring (bicyclic) bond motifs is 1. The number of pyridine rings is 1. The summed E-state index contributed by atoms with van der Waals surface area (Å²) in [6.07, 6.45) is 10.2. The molecule has 0 bridgehead atoms. The summed E-state index contributed by atoms with van der Waals surface area (Å²) in [5, 5.41) is 4.02. The molecular formula is C13H7BrN6O. The predicted octanol–water partition coefficient (Wildman–Crippen LogP) is 2.60. The largest absolute Gasteiger partial charge is 0.334 e. The van der Waals surface area contributed by atoms with E-state index in [1.165, 1.54) is 0 Å². The number of aromatic nitrogens is 6. The highest BCUT2D eigenvalue weighted by Gasteiger charge is 2.15. The van der Waals surface area contributed by atoms with Gasteiger partial charge in [0.15, 0.2) is 5.65 Å². The van der Waals surface area contributed by atoms with Crippen LogP contribution in [-0.4, -0.2) is 29.5 Å². The van der Waals surface area contributed by atoms with E-state index < -0.39 is 0 Å². The summed E-state index contributed by atoms with van der Waals surface area (Å²) in [4.78, 5) is 16.7. The van der Waals surface area contributed by atoms with Crippen LogP contribution in [0, 0.1) is 0 Å². The monoisotopic (exact) mass is 342 g/mol. The van der Waals surface area contributed by atoms with Crippen molar-refractivity contribution in [2.45, 2.75) is 0 Å². The molecule has 4 aromatic heterocycles. The maximum atomic E-state index is 5.33. The van der Waals surface area contributed by atoms with E-state index in [1.807, 2.05) is 4.40 Å². The van der Waals surface area contributed by atoms with Crippen LogP contribution in [0.25, 0.3) is 28.6 Å². The molecule has 102 valence electrons. The van der Waals surface area contributed by atoms with Gasteiger partial charge in [-0.25, -0.2) is 4.98 Å². The van der Waals surface area contributed by atoms with Crippen molar-refractivity contribution in [3.8, 4) is 23.0 Å². The molecule has 0 atom stereocenters. The molecule has 0 saturated heterocycles. The molecular weight excluding hydrogens is 336 g/mol. The number of nitrogens with zero attached hydrogens (tertiary/aromatic N) is 6. The van der Waals surface area contributed by atoms with Gasteiger partial charge in [-0.05, 0) is 22.0 Å². The Morgan fingerprint density at radius 2 is 2.00 bits per heavy atom. The van der Waals surface area contributed by atoms with Gasteiger partial charge < -0.3 is 4.52 Å². The van der Waals surface area contributed by atoms with E-state index >= 15 is 0 Å². The third-order valence-corrected chi connectivity index (χ3v) is 3.61. The van der Waals surface area contributed by atoms with Crippen LogP contribution in [0.3, 0.4) is 0 Å². The molecule has 0 aliphatic rings. The summed E-state index contributed by atoms with van der Waals surface area (Å²) < 4.78 is 7.97. The Kier molecular flexibility index (Phi) is 2.74. The topological polar surface area (TPSA) is 82.0 Å². The molecule has 0 spiro atoms. The molecule has 8 heteroatoms. The van der Waals surface area contributed by atoms with Crippen LogP contribution < -0.4 is 0 Å². The normalized spacial score (nSPS) is 11.1. The molecule has 0 fully saturated rings. The molecule has 0 saturated carbocycles. The van der Waals surface area contributed by atoms with E-state index in [4.69, 9.17) is 4.52 Å². The summed E-state index contributed by atoms with van der Waals surface area (Å²) in [6.45, 7) is 0. The first-order chi connectivity index (χ1) is 10.3. The Hall–Kier alpha value is -2.61. The summed E-state index contributed by atoms with van der Waals surface area (Å²) in [5.41, 5.74) is 2.26. The van der Waals surface area contributed by atoms with Gasteiger partial charge in [0.25, 0.3) is 5.89 Å². The van der Waals surface area contributed by atoms with Gasteiger partial charge in [0.1, 0.15) is 5.69 Å². The third kappa shape index (κ3) is 2.00. The van der Waals surface area contributed by atoms with Crippen LogP contribution in [0.1, 0.15) is 0 Å². The fourth-order valence-electron chi connectivity index (χ4n) is 1.99. The average molecular weight is 343 g/mol. The lowest BCUT2D eigenvalue weighted by molar-refractivity contribution is 0.432. The Morgan fingerprint density at radius 1 is 1.10 bits per heavy atom. The van der Waals surface area contributed by atoms with Crippen molar-refractivity contribution in [3.63, 3.8) is 0 Å². The lowest BCUT2D eigenvalue weighted by atomic mass is 10.3. The van der Waals surface area contributed by atoms with Gasteiger partial charge in [-0.1, -0.05) is 5.16 Å². The summed E-state index contributed by atoms with van der Waals surface area (Å²) >= 11 is 3.41. The number of hydrogen-bond donors (Lipinski definition) is 0. The van der Waals surface area contributed by atoms with Gasteiger partial charge in [0.05, 0.1) is 18.0 Å². The highest BCUT2D eigenvalue weighted by atomic mass is 79.9. The van der Waals surface area contributed by atoms with E-state index in [9.17, 15) is 0 Å². The van der Waals surface area contributed by atoms with Gasteiger partial charge in [0, 0.05) is 29.3 Å². The van der Waals surface area contributed by atoms with E-state index in [1.54, 1.807) is 43.2 Å². The van der Waals surface area contributed by atoms with Crippen molar-refractivity contribution in [1.29, 1.82) is 0 Å². The second kappa shape index (κ2) is 4.74. The highest BCUT2D eigenvalue weighted by Crippen LogP contribution is 2.27. The fraction of sp³-hybridized carbons (Fsp3) is 0. The first-order valence-electron chi connectivity index (χ1n) is 6.04. The molecule has 21 heavy (non-hydrogen) atoms. The average Bonchev–Trinajstić information content (AvgIpc) is 3.14. The Labute approximate surface area is 126 Å². The second-order valence-electron chi connectivity index (χ2n) is 4.23. The van der Waals surface area contributed by atoms with Gasteiger partial charge in [-0.3, -0.25) is 14.4 Å². The zero-order chi connectivity index (χ0) is 14.2. The Bertz CT molecular complexity index is 931. The Balaban J connectivity index is 1.83. The minimum Gasteiger partial charge on any atom is -0.334 e. The summed E-state index contributed by atoms with van der Waals surface area (Å²) in [7, 11) is 0. The van der Waals surface area contributed by atoms with E-state index in [-0.39, 0.29) is 0 Å². The van der Waals surface area contributed by atoms with Crippen LogP contribution >= 0.6 is 15.9 Å². The van der Waals surface area contributed by atoms with Gasteiger partial charge in [-0.2, -0.15) is 4.98 Å². The molecule has 0 radical (unpaired) electrons. The SMILES string of the molecule is Brc1cnccc1-c1nc(-c2cnc3cnccn23)no1. The van der Waals surface area contributed by atoms with E-state index in [2.05, 4.69) is 41.0 Å². The molecule has 0 aliphatic carbocycles. The first kappa shape index (κ1) is 12.2. The van der Waals surface area contributed by atoms with Crippen molar-refractivity contribution < 1.29 is 4.52 Å². The molecule has 0 amide bonds. The van der Waals surface area contributed by atoms with Crippen molar-refractivity contribution >= 4 is 21.6 Å². The van der Waals surface area contributed by atoms with E-state index in [0.29, 0.717) is 11.7 Å². The summed E-state index contributed by atoms with van der Waals surface area (Å²) in [5.74, 6) is 0.885. The molecule has 4 heterocycles. The molecule has 4 aromatic rings. The molecule has 0 aliphatic heterocycles. The predicted molar refractivity (Wildman–Crippen MR) is 77.2 cm³/mol. The molecule has 4 rings (SSSR count). The van der Waals surface area contributed by atoms with Gasteiger partial charge in [-0.15, -0.1) is 0 Å². The van der Waals surface area contributed by atoms with Crippen molar-refractivity contribution in [1.82, 2.24) is 29.5 Å². The fourth-order valence-corrected chi connectivity index (χ4v) is 2.41.